The number of halogens is 3. The van der Waals surface area contributed by atoms with E-state index in [1.165, 1.54) is 23.3 Å². The molecule has 0 saturated heterocycles. The molecular formula is C40H39F3O. The molecule has 44 heavy (non-hydrogen) atoms. The third-order valence-electron chi connectivity index (χ3n) is 9.14. The predicted octanol–water partition coefficient (Wildman–Crippen LogP) is 11.3. The van der Waals surface area contributed by atoms with Crippen LogP contribution in [-0.4, -0.2) is 5.11 Å². The molecule has 0 radical (unpaired) electrons. The third kappa shape index (κ3) is 5.51. The van der Waals surface area contributed by atoms with E-state index < -0.39 is 17.2 Å². The quantitative estimate of drug-likeness (QED) is 0.215. The van der Waals surface area contributed by atoms with E-state index in [4.69, 9.17) is 0 Å². The molecule has 0 unspecified atom stereocenters. The molecule has 2 aliphatic carbocycles. The Morgan fingerprint density at radius 1 is 0.750 bits per heavy atom. The molecule has 2 aliphatic rings. The van der Waals surface area contributed by atoms with Gasteiger partial charge in [-0.3, -0.25) is 0 Å². The van der Waals surface area contributed by atoms with Crippen LogP contribution in [0.1, 0.15) is 98.4 Å². The summed E-state index contributed by atoms with van der Waals surface area (Å²) in [7, 11) is 0. The fraction of sp³-hybridized carbons (Fsp3) is 0.300. The highest BCUT2D eigenvalue weighted by Gasteiger charge is 2.33. The van der Waals surface area contributed by atoms with Crippen molar-refractivity contribution >= 4 is 11.1 Å². The highest BCUT2D eigenvalue weighted by Crippen LogP contribution is 2.50. The molecule has 4 aromatic rings. The first-order valence-electron chi connectivity index (χ1n) is 15.4. The summed E-state index contributed by atoms with van der Waals surface area (Å²) in [5.74, 6) is 0.408. The lowest BCUT2D eigenvalue weighted by Crippen LogP contribution is -2.15. The van der Waals surface area contributed by atoms with Gasteiger partial charge in [0, 0.05) is 23.0 Å². The predicted molar refractivity (Wildman–Crippen MR) is 175 cm³/mol. The minimum absolute atomic E-state index is 0.206. The number of alkyl halides is 3. The number of hydrogen-bond acceptors (Lipinski definition) is 1. The van der Waals surface area contributed by atoms with E-state index in [2.05, 4.69) is 71.0 Å². The maximum absolute atomic E-state index is 13.7. The summed E-state index contributed by atoms with van der Waals surface area (Å²) in [6.07, 6.45) is 3.87. The van der Waals surface area contributed by atoms with E-state index in [-0.39, 0.29) is 5.41 Å². The first kappa shape index (κ1) is 30.0. The lowest BCUT2D eigenvalue weighted by atomic mass is 9.78. The van der Waals surface area contributed by atoms with Gasteiger partial charge in [0.1, 0.15) is 5.75 Å². The number of rotatable bonds is 5. The van der Waals surface area contributed by atoms with Crippen molar-refractivity contribution in [3.63, 3.8) is 0 Å². The highest BCUT2D eigenvalue weighted by atomic mass is 19.4. The minimum Gasteiger partial charge on any atom is -0.507 e. The molecule has 0 atom stereocenters. The van der Waals surface area contributed by atoms with E-state index >= 15 is 0 Å². The van der Waals surface area contributed by atoms with Crippen LogP contribution in [0.2, 0.25) is 0 Å². The van der Waals surface area contributed by atoms with Crippen LogP contribution in [-0.2, 0) is 23.4 Å². The van der Waals surface area contributed by atoms with Crippen molar-refractivity contribution in [3.8, 4) is 16.9 Å². The first-order valence-corrected chi connectivity index (χ1v) is 15.4. The Morgan fingerprint density at radius 2 is 1.48 bits per heavy atom. The molecule has 0 amide bonds. The number of fused-ring (bicyclic) bond motifs is 3. The van der Waals surface area contributed by atoms with Gasteiger partial charge in [-0.05, 0) is 93.0 Å². The lowest BCUT2D eigenvalue weighted by molar-refractivity contribution is -0.137. The zero-order valence-electron chi connectivity index (χ0n) is 26.1. The summed E-state index contributed by atoms with van der Waals surface area (Å²) in [6.45, 7) is 10.7. The topological polar surface area (TPSA) is 20.2 Å². The van der Waals surface area contributed by atoms with Crippen LogP contribution in [0.4, 0.5) is 13.2 Å². The molecule has 1 nitrogen and oxygen atoms in total. The molecule has 4 aromatic carbocycles. The fourth-order valence-corrected chi connectivity index (χ4v) is 6.91. The molecular weight excluding hydrogens is 553 g/mol. The normalized spacial score (nSPS) is 15.3. The molecule has 0 saturated carbocycles. The van der Waals surface area contributed by atoms with Crippen molar-refractivity contribution in [3.05, 3.63) is 136 Å². The van der Waals surface area contributed by atoms with Gasteiger partial charge in [0.25, 0.3) is 0 Å². The van der Waals surface area contributed by atoms with Crippen LogP contribution in [0, 0.1) is 0 Å². The van der Waals surface area contributed by atoms with Crippen LogP contribution in [0.15, 0.2) is 91.0 Å². The van der Waals surface area contributed by atoms with E-state index in [1.807, 2.05) is 30.3 Å². The Morgan fingerprint density at radius 3 is 2.14 bits per heavy atom. The summed E-state index contributed by atoms with van der Waals surface area (Å²) in [5.41, 5.74) is 9.74. The molecule has 1 N–H and O–H groups in total. The molecule has 0 bridgehead atoms. The average molecular weight is 593 g/mol. The summed E-state index contributed by atoms with van der Waals surface area (Å²) in [5, 5.41) is 11.7. The molecule has 0 aliphatic heterocycles. The Labute approximate surface area is 258 Å². The van der Waals surface area contributed by atoms with E-state index in [0.29, 0.717) is 17.7 Å². The van der Waals surface area contributed by atoms with Gasteiger partial charge in [-0.2, -0.15) is 13.2 Å². The number of aromatic hydroxyl groups is 1. The van der Waals surface area contributed by atoms with Crippen molar-refractivity contribution in [1.29, 1.82) is 0 Å². The first-order chi connectivity index (χ1) is 20.7. The average Bonchev–Trinajstić information content (AvgIpc) is 3.64. The zero-order chi connectivity index (χ0) is 31.4. The van der Waals surface area contributed by atoms with Crippen molar-refractivity contribution in [1.82, 2.24) is 0 Å². The van der Waals surface area contributed by atoms with E-state index in [9.17, 15) is 18.3 Å². The number of allylic oxidation sites excluding steroid dienone is 3. The SMILES string of the molecule is CC(C)(C)c1c(C2=CCCC2)cc2c(c1O)Cc1cc(C(C)(C)C=C(c3ccccc3)c3cccc(C(F)(F)F)c3)ccc1-2. The van der Waals surface area contributed by atoms with Gasteiger partial charge < -0.3 is 5.11 Å². The summed E-state index contributed by atoms with van der Waals surface area (Å²) >= 11 is 0. The van der Waals surface area contributed by atoms with Gasteiger partial charge in [-0.1, -0.05) is 107 Å². The Balaban J connectivity index is 1.44. The second kappa shape index (κ2) is 10.8. The monoisotopic (exact) mass is 592 g/mol. The minimum atomic E-state index is -4.42. The smallest absolute Gasteiger partial charge is 0.416 e. The van der Waals surface area contributed by atoms with Crippen molar-refractivity contribution in [2.24, 2.45) is 0 Å². The molecule has 0 spiro atoms. The highest BCUT2D eigenvalue weighted by molar-refractivity contribution is 5.86. The van der Waals surface area contributed by atoms with Crippen LogP contribution in [0.25, 0.3) is 22.3 Å². The van der Waals surface area contributed by atoms with Gasteiger partial charge in [0.2, 0.25) is 0 Å². The molecule has 226 valence electrons. The van der Waals surface area contributed by atoms with Crippen molar-refractivity contribution < 1.29 is 18.3 Å². The van der Waals surface area contributed by atoms with Crippen LogP contribution < -0.4 is 0 Å². The zero-order valence-corrected chi connectivity index (χ0v) is 26.1. The third-order valence-corrected chi connectivity index (χ3v) is 9.14. The Kier molecular flexibility index (Phi) is 7.39. The van der Waals surface area contributed by atoms with Crippen molar-refractivity contribution in [2.45, 2.75) is 77.3 Å². The van der Waals surface area contributed by atoms with E-state index in [0.717, 1.165) is 69.8 Å². The maximum atomic E-state index is 13.7. The van der Waals surface area contributed by atoms with Gasteiger partial charge in [-0.15, -0.1) is 0 Å². The standard InChI is InChI=1S/C40H39F3O/c1-38(2,3)36-32(25-14-9-10-15-25)23-33-31-19-18-29(21-28(31)22-34(33)37(36)44)39(4,5)24-35(26-12-7-6-8-13-26)27-16-11-17-30(20-27)40(41,42)43/h6-8,11-14,16-21,23-24,44H,9-10,15,22H2,1-5H3. The number of benzene rings is 4. The van der Waals surface area contributed by atoms with Crippen LogP contribution in [0.5, 0.6) is 5.75 Å². The number of phenols is 1. The molecule has 0 heterocycles. The van der Waals surface area contributed by atoms with Gasteiger partial charge in [0.05, 0.1) is 5.56 Å². The van der Waals surface area contributed by atoms with Crippen LogP contribution in [0.3, 0.4) is 0 Å². The maximum Gasteiger partial charge on any atom is 0.416 e. The fourth-order valence-electron chi connectivity index (χ4n) is 6.91. The van der Waals surface area contributed by atoms with Crippen LogP contribution >= 0.6 is 0 Å². The Bertz CT molecular complexity index is 1800. The largest absolute Gasteiger partial charge is 0.507 e. The number of hydrogen-bond donors (Lipinski definition) is 1. The van der Waals surface area contributed by atoms with Gasteiger partial charge >= 0.3 is 6.18 Å². The van der Waals surface area contributed by atoms with Gasteiger partial charge in [-0.25, -0.2) is 0 Å². The molecule has 4 heteroatoms. The van der Waals surface area contributed by atoms with Gasteiger partial charge in [0.15, 0.2) is 0 Å². The van der Waals surface area contributed by atoms with E-state index in [1.54, 1.807) is 6.07 Å². The molecule has 6 rings (SSSR count). The Hall–Kier alpha value is -4.05. The molecule has 0 fully saturated rings. The molecule has 0 aromatic heterocycles. The second-order valence-corrected chi connectivity index (χ2v) is 13.8. The second-order valence-electron chi connectivity index (χ2n) is 13.8. The number of phenolic OH excluding ortho intramolecular Hbond substituents is 1. The summed E-state index contributed by atoms with van der Waals surface area (Å²) in [6, 6.07) is 24.0. The summed E-state index contributed by atoms with van der Waals surface area (Å²) in [4.78, 5) is 0. The van der Waals surface area contributed by atoms with Crippen molar-refractivity contribution in [2.75, 3.05) is 0 Å². The summed E-state index contributed by atoms with van der Waals surface area (Å²) < 4.78 is 41.0. The lowest BCUT2D eigenvalue weighted by Gasteiger charge is -2.27.